The molecule has 1 aliphatic heterocycles. The van der Waals surface area contributed by atoms with Gasteiger partial charge in [-0.2, -0.15) is 0 Å². The molecule has 0 aromatic carbocycles. The number of carbonyl (C=O) groups excluding carboxylic acids is 1. The zero-order chi connectivity index (χ0) is 13.8. The van der Waals surface area contributed by atoms with Gasteiger partial charge >= 0.3 is 11.9 Å². The average Bonchev–Trinajstić information content (AvgIpc) is 3.13. The third kappa shape index (κ3) is 14.1. The van der Waals surface area contributed by atoms with Gasteiger partial charge in [0.25, 0.3) is 0 Å². The molecule has 1 aliphatic rings. The van der Waals surface area contributed by atoms with Crippen LogP contribution in [-0.4, -0.2) is 36.4 Å². The SMILES string of the molecule is C=C.C=C(C)C(=O)OCC1CO1.C=CC(=O)O. The van der Waals surface area contributed by atoms with E-state index in [1.165, 1.54) is 0 Å². The van der Waals surface area contributed by atoms with Crippen LogP contribution in [0.2, 0.25) is 0 Å². The fourth-order valence-electron chi connectivity index (χ4n) is 0.456. The Hall–Kier alpha value is -1.88. The summed E-state index contributed by atoms with van der Waals surface area (Å²) in [6, 6.07) is 0. The Kier molecular flexibility index (Phi) is 11.0. The van der Waals surface area contributed by atoms with Gasteiger partial charge in [-0.1, -0.05) is 13.2 Å². The van der Waals surface area contributed by atoms with Crippen molar-refractivity contribution < 1.29 is 24.2 Å². The lowest BCUT2D eigenvalue weighted by molar-refractivity contribution is -0.139. The summed E-state index contributed by atoms with van der Waals surface area (Å²) < 4.78 is 9.60. The minimum Gasteiger partial charge on any atom is -0.478 e. The van der Waals surface area contributed by atoms with Crippen LogP contribution < -0.4 is 0 Å². The predicted molar refractivity (Wildman–Crippen MR) is 64.6 cm³/mol. The van der Waals surface area contributed by atoms with E-state index in [1.807, 2.05) is 0 Å². The molecule has 1 atom stereocenters. The highest BCUT2D eigenvalue weighted by molar-refractivity contribution is 5.86. The number of hydrogen-bond acceptors (Lipinski definition) is 4. The summed E-state index contributed by atoms with van der Waals surface area (Å²) in [4.78, 5) is 19.9. The molecule has 5 heteroatoms. The van der Waals surface area contributed by atoms with Crippen LogP contribution in [0, 0.1) is 0 Å². The summed E-state index contributed by atoms with van der Waals surface area (Å²) in [5.41, 5.74) is 0.431. The number of aliphatic carboxylic acids is 1. The van der Waals surface area contributed by atoms with Gasteiger partial charge in [0.2, 0.25) is 0 Å². The molecule has 0 spiro atoms. The van der Waals surface area contributed by atoms with Crippen LogP contribution in [0.1, 0.15) is 6.92 Å². The number of carboxylic acid groups (broad SMARTS) is 1. The number of carboxylic acids is 1. The van der Waals surface area contributed by atoms with E-state index < -0.39 is 5.97 Å². The second-order valence-electron chi connectivity index (χ2n) is 2.88. The molecule has 1 unspecified atom stereocenters. The maximum atomic E-state index is 10.7. The molecule has 0 radical (unpaired) electrons. The lowest BCUT2D eigenvalue weighted by Crippen LogP contribution is -2.09. The van der Waals surface area contributed by atoms with Crippen LogP contribution in [-0.2, 0) is 19.1 Å². The normalized spacial score (nSPS) is 15.0. The Morgan fingerprint density at radius 2 is 1.94 bits per heavy atom. The molecule has 1 rings (SSSR count). The molecule has 0 aromatic rings. The summed E-state index contributed by atoms with van der Waals surface area (Å²) >= 11 is 0. The van der Waals surface area contributed by atoms with E-state index in [1.54, 1.807) is 6.92 Å². The number of epoxide rings is 1. The number of esters is 1. The fourth-order valence-corrected chi connectivity index (χ4v) is 0.456. The molecule has 0 bridgehead atoms. The topological polar surface area (TPSA) is 76.1 Å². The molecular weight excluding hydrogens is 224 g/mol. The quantitative estimate of drug-likeness (QED) is 0.350. The van der Waals surface area contributed by atoms with Crippen LogP contribution in [0.3, 0.4) is 0 Å². The van der Waals surface area contributed by atoms with Crippen molar-refractivity contribution in [2.24, 2.45) is 0 Å². The van der Waals surface area contributed by atoms with Gasteiger partial charge in [-0.15, -0.1) is 13.2 Å². The van der Waals surface area contributed by atoms with Gasteiger partial charge in [0.1, 0.15) is 12.7 Å². The Balaban J connectivity index is 0. The van der Waals surface area contributed by atoms with E-state index >= 15 is 0 Å². The molecule has 5 nitrogen and oxygen atoms in total. The molecule has 1 saturated heterocycles. The van der Waals surface area contributed by atoms with Crippen LogP contribution in [0.4, 0.5) is 0 Å². The lowest BCUT2D eigenvalue weighted by Gasteiger charge is -1.99. The van der Waals surface area contributed by atoms with Crippen molar-refractivity contribution in [1.82, 2.24) is 0 Å². The molecule has 0 aliphatic carbocycles. The first-order valence-electron chi connectivity index (χ1n) is 4.77. The number of ether oxygens (including phenoxy) is 2. The Bertz CT molecular complexity index is 279. The van der Waals surface area contributed by atoms with E-state index in [0.717, 1.165) is 6.08 Å². The second-order valence-corrected chi connectivity index (χ2v) is 2.88. The van der Waals surface area contributed by atoms with Gasteiger partial charge in [0.15, 0.2) is 0 Å². The first kappa shape index (κ1) is 17.5. The molecular formula is C12H18O5. The molecule has 17 heavy (non-hydrogen) atoms. The number of rotatable bonds is 4. The third-order valence-corrected chi connectivity index (χ3v) is 1.33. The van der Waals surface area contributed by atoms with Crippen molar-refractivity contribution in [3.63, 3.8) is 0 Å². The van der Waals surface area contributed by atoms with Crippen molar-refractivity contribution in [3.05, 3.63) is 38.0 Å². The van der Waals surface area contributed by atoms with Crippen molar-refractivity contribution >= 4 is 11.9 Å². The van der Waals surface area contributed by atoms with Crippen molar-refractivity contribution in [3.8, 4) is 0 Å². The predicted octanol–water partition coefficient (Wildman–Crippen LogP) is 1.56. The Morgan fingerprint density at radius 3 is 2.18 bits per heavy atom. The second kappa shape index (κ2) is 10.6. The molecule has 0 aromatic heterocycles. The molecule has 1 heterocycles. The molecule has 1 N–H and O–H groups in total. The van der Waals surface area contributed by atoms with Crippen molar-refractivity contribution in [1.29, 1.82) is 0 Å². The first-order chi connectivity index (χ1) is 7.97. The van der Waals surface area contributed by atoms with Gasteiger partial charge in [0.05, 0.1) is 6.61 Å². The maximum absolute atomic E-state index is 10.7. The van der Waals surface area contributed by atoms with E-state index in [4.69, 9.17) is 14.6 Å². The zero-order valence-electron chi connectivity index (χ0n) is 9.98. The van der Waals surface area contributed by atoms with Crippen molar-refractivity contribution in [2.75, 3.05) is 13.2 Å². The third-order valence-electron chi connectivity index (χ3n) is 1.33. The minimum absolute atomic E-state index is 0.142. The van der Waals surface area contributed by atoms with Gasteiger partial charge in [-0.25, -0.2) is 9.59 Å². The smallest absolute Gasteiger partial charge is 0.333 e. The zero-order valence-corrected chi connectivity index (χ0v) is 9.98. The number of hydrogen-bond donors (Lipinski definition) is 1. The van der Waals surface area contributed by atoms with Crippen LogP contribution in [0.5, 0.6) is 0 Å². The molecule has 96 valence electrons. The summed E-state index contributed by atoms with van der Waals surface area (Å²) in [6.45, 7) is 15.1. The van der Waals surface area contributed by atoms with Gasteiger partial charge in [0, 0.05) is 11.6 Å². The van der Waals surface area contributed by atoms with Gasteiger partial charge in [-0.05, 0) is 6.92 Å². The van der Waals surface area contributed by atoms with E-state index in [0.29, 0.717) is 18.8 Å². The standard InChI is InChI=1S/C7H10O3.C3H4O2.C2H4/c1-5(2)7(8)10-4-6-3-9-6;1-2-3(4)5;1-2/h6H,1,3-4H2,2H3;2H,1H2,(H,4,5);1-2H2. The van der Waals surface area contributed by atoms with E-state index in [2.05, 4.69) is 26.3 Å². The maximum Gasteiger partial charge on any atom is 0.333 e. The summed E-state index contributed by atoms with van der Waals surface area (Å²) in [7, 11) is 0. The number of carbonyl (C=O) groups is 2. The molecule has 0 amide bonds. The summed E-state index contributed by atoms with van der Waals surface area (Å²) in [6.07, 6.45) is 0.975. The first-order valence-corrected chi connectivity index (χ1v) is 4.77. The average molecular weight is 242 g/mol. The van der Waals surface area contributed by atoms with Crippen LogP contribution in [0.15, 0.2) is 38.0 Å². The molecule has 0 saturated carbocycles. The summed E-state index contributed by atoms with van der Waals surface area (Å²) in [5, 5.41) is 7.60. The molecule has 1 fully saturated rings. The van der Waals surface area contributed by atoms with Gasteiger partial charge in [-0.3, -0.25) is 0 Å². The van der Waals surface area contributed by atoms with Crippen LogP contribution in [0.25, 0.3) is 0 Å². The minimum atomic E-state index is -0.981. The lowest BCUT2D eigenvalue weighted by atomic mass is 10.4. The van der Waals surface area contributed by atoms with Crippen molar-refractivity contribution in [2.45, 2.75) is 13.0 Å². The Morgan fingerprint density at radius 1 is 1.53 bits per heavy atom. The van der Waals surface area contributed by atoms with E-state index in [9.17, 15) is 9.59 Å². The van der Waals surface area contributed by atoms with Gasteiger partial charge < -0.3 is 14.6 Å². The fraction of sp³-hybridized carbons (Fsp3) is 0.333. The highest BCUT2D eigenvalue weighted by Crippen LogP contribution is 2.09. The van der Waals surface area contributed by atoms with E-state index in [-0.39, 0.29) is 12.1 Å². The summed E-state index contributed by atoms with van der Waals surface area (Å²) in [5.74, 6) is -1.32. The largest absolute Gasteiger partial charge is 0.478 e. The highest BCUT2D eigenvalue weighted by Gasteiger charge is 2.24. The monoisotopic (exact) mass is 242 g/mol. The highest BCUT2D eigenvalue weighted by atomic mass is 16.6. The Labute approximate surface area is 101 Å². The van der Waals surface area contributed by atoms with Crippen LogP contribution >= 0.6 is 0 Å².